The van der Waals surface area contributed by atoms with Crippen molar-refractivity contribution in [2.75, 3.05) is 23.5 Å². The average Bonchev–Trinajstić information content (AvgIpc) is 3.54. The molecule has 0 fully saturated rings. The molecule has 226 valence electrons. The predicted molar refractivity (Wildman–Crippen MR) is 186 cm³/mol. The standard InChI is InChI=1S/C35H28IN3O5S/c1-43-31-10-6-5-9-29(31)32-20-17-27(44-32)21-30(39-34(41)23-7-3-2-4-8-23)35(42)38-26-15-18-28(19-16-26)45-22-33(40)37-25-13-11-24(36)12-14-25/h2-21H,22H2,1H3,(H,37,40)(H,38,42)(H,39,41). The van der Waals surface area contributed by atoms with Gasteiger partial charge in [-0.25, -0.2) is 0 Å². The fraction of sp³-hybridized carbons (Fsp3) is 0.0571. The number of hydrogen-bond acceptors (Lipinski definition) is 6. The van der Waals surface area contributed by atoms with Crippen molar-refractivity contribution in [3.8, 4) is 17.1 Å². The molecule has 45 heavy (non-hydrogen) atoms. The predicted octanol–water partition coefficient (Wildman–Crippen LogP) is 7.70. The van der Waals surface area contributed by atoms with Crippen molar-refractivity contribution >= 4 is 69.5 Å². The van der Waals surface area contributed by atoms with E-state index in [0.29, 0.717) is 28.5 Å². The van der Waals surface area contributed by atoms with Gasteiger partial charge in [0.25, 0.3) is 11.8 Å². The molecule has 3 amide bonds. The number of amides is 3. The Bertz CT molecular complexity index is 1820. The average molecular weight is 730 g/mol. The molecule has 5 rings (SSSR count). The quantitative estimate of drug-likeness (QED) is 0.0731. The molecule has 0 aliphatic carbocycles. The molecule has 0 unspecified atom stereocenters. The number of para-hydroxylation sites is 1. The van der Waals surface area contributed by atoms with Gasteiger partial charge in [0, 0.05) is 31.5 Å². The molecular weight excluding hydrogens is 701 g/mol. The van der Waals surface area contributed by atoms with E-state index in [1.54, 1.807) is 61.7 Å². The minimum absolute atomic E-state index is 0.00416. The molecule has 1 heterocycles. The second kappa shape index (κ2) is 15.3. The molecule has 0 radical (unpaired) electrons. The summed E-state index contributed by atoms with van der Waals surface area (Å²) in [6.07, 6.45) is 1.48. The van der Waals surface area contributed by atoms with Gasteiger partial charge in [-0.2, -0.15) is 0 Å². The van der Waals surface area contributed by atoms with Gasteiger partial charge in [0.15, 0.2) is 0 Å². The van der Waals surface area contributed by atoms with Gasteiger partial charge in [0.1, 0.15) is 23.0 Å². The summed E-state index contributed by atoms with van der Waals surface area (Å²) in [4.78, 5) is 39.7. The van der Waals surface area contributed by atoms with E-state index in [2.05, 4.69) is 38.5 Å². The van der Waals surface area contributed by atoms with Crippen LogP contribution in [0.4, 0.5) is 11.4 Å². The van der Waals surface area contributed by atoms with E-state index in [0.717, 1.165) is 19.7 Å². The molecule has 8 nitrogen and oxygen atoms in total. The zero-order valence-corrected chi connectivity index (χ0v) is 27.1. The lowest BCUT2D eigenvalue weighted by Gasteiger charge is -2.11. The second-order valence-corrected chi connectivity index (χ2v) is 11.9. The van der Waals surface area contributed by atoms with Crippen LogP contribution in [0.2, 0.25) is 0 Å². The van der Waals surface area contributed by atoms with E-state index in [1.807, 2.05) is 60.7 Å². The van der Waals surface area contributed by atoms with Crippen LogP contribution >= 0.6 is 34.4 Å². The van der Waals surface area contributed by atoms with E-state index in [1.165, 1.54) is 17.8 Å². The number of hydrogen-bond donors (Lipinski definition) is 3. The lowest BCUT2D eigenvalue weighted by atomic mass is 10.1. The molecule has 4 aromatic carbocycles. The van der Waals surface area contributed by atoms with Crippen LogP contribution in [0.3, 0.4) is 0 Å². The van der Waals surface area contributed by atoms with Crippen LogP contribution in [-0.4, -0.2) is 30.6 Å². The summed E-state index contributed by atoms with van der Waals surface area (Å²) in [5.74, 6) is 0.699. The normalized spacial score (nSPS) is 11.0. The highest BCUT2D eigenvalue weighted by Crippen LogP contribution is 2.31. The first-order chi connectivity index (χ1) is 21.9. The van der Waals surface area contributed by atoms with Crippen molar-refractivity contribution in [3.63, 3.8) is 0 Å². The number of nitrogens with one attached hydrogen (secondary N) is 3. The zero-order valence-electron chi connectivity index (χ0n) is 24.1. The monoisotopic (exact) mass is 729 g/mol. The van der Waals surface area contributed by atoms with E-state index in [9.17, 15) is 14.4 Å². The van der Waals surface area contributed by atoms with Crippen LogP contribution in [-0.2, 0) is 9.59 Å². The molecule has 0 aliphatic rings. The van der Waals surface area contributed by atoms with E-state index in [4.69, 9.17) is 9.15 Å². The number of rotatable bonds is 11. The lowest BCUT2D eigenvalue weighted by molar-refractivity contribution is -0.114. The third-order valence-electron chi connectivity index (χ3n) is 6.42. The maximum absolute atomic E-state index is 13.4. The van der Waals surface area contributed by atoms with Gasteiger partial charge in [-0.05, 0) is 108 Å². The number of halogens is 1. The Hall–Kier alpha value is -4.81. The van der Waals surface area contributed by atoms with Gasteiger partial charge in [-0.1, -0.05) is 30.3 Å². The highest BCUT2D eigenvalue weighted by Gasteiger charge is 2.17. The van der Waals surface area contributed by atoms with Crippen molar-refractivity contribution in [1.29, 1.82) is 0 Å². The van der Waals surface area contributed by atoms with Gasteiger partial charge < -0.3 is 25.1 Å². The Morgan fingerprint density at radius 1 is 0.800 bits per heavy atom. The highest BCUT2D eigenvalue weighted by atomic mass is 127. The minimum atomic E-state index is -0.535. The van der Waals surface area contributed by atoms with Gasteiger partial charge in [-0.15, -0.1) is 11.8 Å². The number of anilines is 2. The summed E-state index contributed by atoms with van der Waals surface area (Å²) in [5, 5.41) is 8.43. The molecular formula is C35H28IN3O5S. The smallest absolute Gasteiger partial charge is 0.272 e. The van der Waals surface area contributed by atoms with Crippen LogP contribution in [0.15, 0.2) is 130 Å². The highest BCUT2D eigenvalue weighted by molar-refractivity contribution is 14.1. The lowest BCUT2D eigenvalue weighted by Crippen LogP contribution is -2.30. The summed E-state index contributed by atoms with van der Waals surface area (Å²) in [5.41, 5.74) is 2.41. The Balaban J connectivity index is 1.28. The summed E-state index contributed by atoms with van der Waals surface area (Å²) in [7, 11) is 1.58. The number of methoxy groups -OCH3 is 1. The fourth-order valence-corrected chi connectivity index (χ4v) is 5.28. The molecule has 10 heteroatoms. The first-order valence-corrected chi connectivity index (χ1v) is 15.9. The number of thioether (sulfide) groups is 1. The maximum atomic E-state index is 13.4. The molecule has 0 aliphatic heterocycles. The van der Waals surface area contributed by atoms with E-state index in [-0.39, 0.29) is 17.4 Å². The van der Waals surface area contributed by atoms with Crippen LogP contribution in [0.1, 0.15) is 16.1 Å². The molecule has 0 saturated carbocycles. The van der Waals surface area contributed by atoms with Crippen molar-refractivity contribution in [3.05, 3.63) is 136 Å². The Kier molecular flexibility index (Phi) is 10.7. The molecule has 0 saturated heterocycles. The van der Waals surface area contributed by atoms with Gasteiger partial charge in [0.2, 0.25) is 5.91 Å². The summed E-state index contributed by atoms with van der Waals surface area (Å²) in [6, 6.07) is 34.2. The van der Waals surface area contributed by atoms with Crippen molar-refractivity contribution < 1.29 is 23.5 Å². The van der Waals surface area contributed by atoms with E-state index >= 15 is 0 Å². The largest absolute Gasteiger partial charge is 0.496 e. The minimum Gasteiger partial charge on any atom is -0.496 e. The van der Waals surface area contributed by atoms with Gasteiger partial charge in [-0.3, -0.25) is 14.4 Å². The Morgan fingerprint density at radius 2 is 1.47 bits per heavy atom. The fourth-order valence-electron chi connectivity index (χ4n) is 4.22. The maximum Gasteiger partial charge on any atom is 0.272 e. The van der Waals surface area contributed by atoms with Gasteiger partial charge in [0.05, 0.1) is 18.4 Å². The van der Waals surface area contributed by atoms with Crippen LogP contribution in [0, 0.1) is 3.57 Å². The van der Waals surface area contributed by atoms with Crippen molar-refractivity contribution in [2.45, 2.75) is 4.90 Å². The van der Waals surface area contributed by atoms with Crippen molar-refractivity contribution in [1.82, 2.24) is 5.32 Å². The third-order valence-corrected chi connectivity index (χ3v) is 8.16. The molecule has 0 spiro atoms. The Labute approximate surface area is 278 Å². The molecule has 3 N–H and O–H groups in total. The number of carbonyl (C=O) groups is 3. The first-order valence-electron chi connectivity index (χ1n) is 13.8. The molecule has 0 atom stereocenters. The first kappa shape index (κ1) is 31.6. The van der Waals surface area contributed by atoms with Crippen molar-refractivity contribution in [2.24, 2.45) is 0 Å². The van der Waals surface area contributed by atoms with E-state index < -0.39 is 11.8 Å². The number of ether oxygens (including phenoxy) is 1. The Morgan fingerprint density at radius 3 is 2.20 bits per heavy atom. The summed E-state index contributed by atoms with van der Waals surface area (Å²) in [6.45, 7) is 0. The van der Waals surface area contributed by atoms with Crippen LogP contribution in [0.5, 0.6) is 5.75 Å². The van der Waals surface area contributed by atoms with Crippen LogP contribution in [0.25, 0.3) is 17.4 Å². The number of furan rings is 1. The number of carbonyl (C=O) groups excluding carboxylic acids is 3. The van der Waals surface area contributed by atoms with Crippen LogP contribution < -0.4 is 20.7 Å². The SMILES string of the molecule is COc1ccccc1-c1ccc(C=C(NC(=O)c2ccccc2)C(=O)Nc2ccc(SCC(=O)Nc3ccc(I)cc3)cc2)o1. The third kappa shape index (κ3) is 8.87. The summed E-state index contributed by atoms with van der Waals surface area (Å²) < 4.78 is 12.5. The summed E-state index contributed by atoms with van der Waals surface area (Å²) >= 11 is 3.59. The number of benzene rings is 4. The molecule has 1 aromatic heterocycles. The zero-order chi connectivity index (χ0) is 31.6. The second-order valence-electron chi connectivity index (χ2n) is 9.60. The van der Waals surface area contributed by atoms with Gasteiger partial charge >= 0.3 is 0 Å². The molecule has 0 bridgehead atoms. The molecule has 5 aromatic rings. The topological polar surface area (TPSA) is 110 Å².